The van der Waals surface area contributed by atoms with Gasteiger partial charge in [-0.05, 0) is 109 Å². The Bertz CT molecular complexity index is 1410. The molecule has 0 saturated heterocycles. The van der Waals surface area contributed by atoms with Gasteiger partial charge in [-0.3, -0.25) is 9.36 Å². The van der Waals surface area contributed by atoms with E-state index in [9.17, 15) is 9.18 Å². The van der Waals surface area contributed by atoms with Crippen molar-refractivity contribution in [3.8, 4) is 11.3 Å². The lowest BCUT2D eigenvalue weighted by Gasteiger charge is -2.53. The fraction of sp³-hybridized carbons (Fsp3) is 0.625. The predicted octanol–water partition coefficient (Wildman–Crippen LogP) is 7.25. The van der Waals surface area contributed by atoms with Crippen molar-refractivity contribution in [3.63, 3.8) is 0 Å². The molecule has 3 aliphatic rings. The number of halogens is 1. The van der Waals surface area contributed by atoms with E-state index in [4.69, 9.17) is 0 Å². The Morgan fingerprint density at radius 1 is 1.12 bits per heavy atom. The Hall–Kier alpha value is -2.87. The van der Waals surface area contributed by atoms with E-state index in [2.05, 4.69) is 46.2 Å². The van der Waals surface area contributed by atoms with Crippen molar-refractivity contribution in [3.05, 3.63) is 46.1 Å². The highest BCUT2D eigenvalue weighted by Crippen LogP contribution is 2.58. The molecule has 1 N–H and O–H groups in total. The molecule has 220 valence electrons. The molecule has 40 heavy (non-hydrogen) atoms. The first-order chi connectivity index (χ1) is 19.0. The molecule has 0 radical (unpaired) electrons. The third-order valence-corrected chi connectivity index (χ3v) is 9.33. The summed E-state index contributed by atoms with van der Waals surface area (Å²) in [4.78, 5) is 29.3. The topological polar surface area (TPSA) is 75.9 Å². The quantitative estimate of drug-likeness (QED) is 0.359. The zero-order valence-electron chi connectivity index (χ0n) is 25.0. The normalized spacial score (nSPS) is 22.1. The van der Waals surface area contributed by atoms with Gasteiger partial charge in [0.15, 0.2) is 5.65 Å². The SMILES string of the molecule is CC1CC2(CCC2)C1.Cc1ccc(-c2nc3cnc(NC4CCC(N(C)C)CC4)nc3n(C(C)C)c2=O)cc1F.[HH].[HH]. The van der Waals surface area contributed by atoms with E-state index < -0.39 is 0 Å². The molecule has 0 atom stereocenters. The minimum absolute atomic E-state index is 0. The summed E-state index contributed by atoms with van der Waals surface area (Å²) in [5, 5.41) is 3.44. The molecule has 3 aromatic rings. The van der Waals surface area contributed by atoms with Crippen LogP contribution in [0.2, 0.25) is 0 Å². The number of fused-ring (bicyclic) bond motifs is 1. The molecule has 1 spiro atoms. The van der Waals surface area contributed by atoms with E-state index in [0.29, 0.717) is 40.3 Å². The molecule has 8 heteroatoms. The first kappa shape index (κ1) is 28.7. The van der Waals surface area contributed by atoms with Crippen LogP contribution in [0.5, 0.6) is 0 Å². The van der Waals surface area contributed by atoms with Gasteiger partial charge in [0.25, 0.3) is 5.56 Å². The Labute approximate surface area is 240 Å². The molecule has 7 nitrogen and oxygen atoms in total. The highest BCUT2D eigenvalue weighted by molar-refractivity contribution is 5.75. The van der Waals surface area contributed by atoms with Crippen LogP contribution in [-0.4, -0.2) is 50.6 Å². The van der Waals surface area contributed by atoms with Gasteiger partial charge in [-0.25, -0.2) is 14.4 Å². The summed E-state index contributed by atoms with van der Waals surface area (Å²) < 4.78 is 15.8. The molecule has 0 unspecified atom stereocenters. The Kier molecular flexibility index (Phi) is 8.27. The summed E-state index contributed by atoms with van der Waals surface area (Å²) in [6.45, 7) is 7.93. The number of aryl methyl sites for hydroxylation is 1. The average molecular weight is 553 g/mol. The minimum Gasteiger partial charge on any atom is -0.351 e. The number of nitrogens with zero attached hydrogens (tertiary/aromatic N) is 5. The number of hydrogen-bond donors (Lipinski definition) is 1. The third kappa shape index (κ3) is 5.92. The molecular weight excluding hydrogens is 503 g/mol. The van der Waals surface area contributed by atoms with Crippen LogP contribution < -0.4 is 10.9 Å². The number of anilines is 1. The van der Waals surface area contributed by atoms with Crippen LogP contribution in [0.3, 0.4) is 0 Å². The molecule has 3 aliphatic carbocycles. The number of hydrogen-bond acceptors (Lipinski definition) is 6. The first-order valence-electron chi connectivity index (χ1n) is 15.0. The van der Waals surface area contributed by atoms with Crippen LogP contribution in [0.25, 0.3) is 22.4 Å². The zero-order chi connectivity index (χ0) is 28.6. The second kappa shape index (κ2) is 11.6. The Morgan fingerprint density at radius 2 is 1.82 bits per heavy atom. The van der Waals surface area contributed by atoms with Gasteiger partial charge in [-0.1, -0.05) is 25.5 Å². The molecule has 6 rings (SSSR count). The Balaban J connectivity index is 0.000000414. The van der Waals surface area contributed by atoms with E-state index >= 15 is 0 Å². The zero-order valence-corrected chi connectivity index (χ0v) is 25.0. The van der Waals surface area contributed by atoms with E-state index in [-0.39, 0.29) is 26.0 Å². The Morgan fingerprint density at radius 3 is 2.35 bits per heavy atom. The molecule has 2 heterocycles. The maximum absolute atomic E-state index is 14.1. The molecule has 0 amide bonds. The monoisotopic (exact) mass is 552 g/mol. The standard InChI is InChI=1S/C24H31FN6O.C8H14.2H2/c1-14(2)31-22-20(28-21(23(31)32)16-7-6-15(3)19(25)12-16)13-26-24(29-22)27-17-8-10-18(11-9-17)30(4)5;1-7-5-8(6-7)3-2-4-8;;/h6-7,12-14,17-18H,8-11H2,1-5H3,(H,26,27,29);7H,2-6H2,1H3;2*1H. The molecule has 0 aliphatic heterocycles. The first-order valence-corrected chi connectivity index (χ1v) is 15.0. The van der Waals surface area contributed by atoms with Crippen LogP contribution in [0.1, 0.15) is 93.0 Å². The van der Waals surface area contributed by atoms with Crippen molar-refractivity contribution in [1.29, 1.82) is 0 Å². The van der Waals surface area contributed by atoms with Crippen molar-refractivity contribution in [2.24, 2.45) is 11.3 Å². The van der Waals surface area contributed by atoms with Crippen LogP contribution in [0.15, 0.2) is 29.2 Å². The number of nitrogens with one attached hydrogen (secondary N) is 1. The lowest BCUT2D eigenvalue weighted by Crippen LogP contribution is -2.41. The highest BCUT2D eigenvalue weighted by Gasteiger charge is 2.45. The second-order valence-corrected chi connectivity index (χ2v) is 13.1. The molecule has 1 aromatic carbocycles. The minimum atomic E-state index is -0.361. The van der Waals surface area contributed by atoms with Gasteiger partial charge in [0, 0.05) is 26.5 Å². The van der Waals surface area contributed by atoms with Gasteiger partial charge >= 0.3 is 0 Å². The third-order valence-electron chi connectivity index (χ3n) is 9.33. The smallest absolute Gasteiger partial charge is 0.278 e. The van der Waals surface area contributed by atoms with Crippen LogP contribution >= 0.6 is 0 Å². The van der Waals surface area contributed by atoms with Gasteiger partial charge in [0.2, 0.25) is 5.95 Å². The number of rotatable bonds is 5. The largest absolute Gasteiger partial charge is 0.351 e. The van der Waals surface area contributed by atoms with Gasteiger partial charge in [-0.15, -0.1) is 0 Å². The van der Waals surface area contributed by atoms with Gasteiger partial charge < -0.3 is 10.2 Å². The van der Waals surface area contributed by atoms with Crippen LogP contribution in [-0.2, 0) is 0 Å². The molecular formula is C32H49FN6O. The van der Waals surface area contributed by atoms with Crippen LogP contribution in [0, 0.1) is 24.1 Å². The summed E-state index contributed by atoms with van der Waals surface area (Å²) in [6, 6.07) is 5.53. The van der Waals surface area contributed by atoms with Crippen molar-refractivity contribution >= 4 is 17.1 Å². The van der Waals surface area contributed by atoms with Gasteiger partial charge in [-0.2, -0.15) is 4.98 Å². The van der Waals surface area contributed by atoms with Crippen molar-refractivity contribution < 1.29 is 7.24 Å². The fourth-order valence-corrected chi connectivity index (χ4v) is 6.90. The molecule has 2 aromatic heterocycles. The summed E-state index contributed by atoms with van der Waals surface area (Å²) >= 11 is 0. The number of aromatic nitrogens is 4. The van der Waals surface area contributed by atoms with Crippen molar-refractivity contribution in [2.75, 3.05) is 19.4 Å². The maximum Gasteiger partial charge on any atom is 0.278 e. The van der Waals surface area contributed by atoms with Gasteiger partial charge in [0.05, 0.1) is 6.20 Å². The maximum atomic E-state index is 14.1. The van der Waals surface area contributed by atoms with E-state index in [1.807, 2.05) is 13.8 Å². The van der Waals surface area contributed by atoms with Crippen molar-refractivity contribution in [2.45, 2.75) is 104 Å². The summed E-state index contributed by atoms with van der Waals surface area (Å²) in [5.74, 6) is 1.21. The summed E-state index contributed by atoms with van der Waals surface area (Å²) in [7, 11) is 4.25. The number of benzene rings is 1. The van der Waals surface area contributed by atoms with E-state index in [0.717, 1.165) is 37.0 Å². The lowest BCUT2D eigenvalue weighted by atomic mass is 9.52. The molecule has 3 saturated carbocycles. The molecule has 3 fully saturated rings. The summed E-state index contributed by atoms with van der Waals surface area (Å²) in [6.07, 6.45) is 13.7. The summed E-state index contributed by atoms with van der Waals surface area (Å²) in [5.41, 5.74) is 2.81. The fourth-order valence-electron chi connectivity index (χ4n) is 6.90. The van der Waals surface area contributed by atoms with E-state index in [1.165, 1.54) is 12.5 Å². The second-order valence-electron chi connectivity index (χ2n) is 13.1. The lowest BCUT2D eigenvalue weighted by molar-refractivity contribution is -0.0161. The average Bonchev–Trinajstić information content (AvgIpc) is 2.87. The van der Waals surface area contributed by atoms with E-state index in [1.54, 1.807) is 55.5 Å². The van der Waals surface area contributed by atoms with Gasteiger partial charge in [0.1, 0.15) is 17.0 Å². The predicted molar refractivity (Wildman–Crippen MR) is 164 cm³/mol. The van der Waals surface area contributed by atoms with Crippen molar-refractivity contribution in [1.82, 2.24) is 24.4 Å². The molecule has 0 bridgehead atoms. The van der Waals surface area contributed by atoms with Crippen LogP contribution in [0.4, 0.5) is 10.3 Å². The highest BCUT2D eigenvalue weighted by atomic mass is 19.1.